The standard InChI is InChI=1S/C11H17N5O2/c1-8-13-14-11-10(12-4-5-16(8)11)15(2)6-9(17)7-18-3/h4-5,9,17H,6-7H2,1-3H3. The highest BCUT2D eigenvalue weighted by Gasteiger charge is 2.14. The summed E-state index contributed by atoms with van der Waals surface area (Å²) in [5, 5.41) is 17.8. The van der Waals surface area contributed by atoms with Gasteiger partial charge in [-0.25, -0.2) is 4.98 Å². The summed E-state index contributed by atoms with van der Waals surface area (Å²) >= 11 is 0. The van der Waals surface area contributed by atoms with Gasteiger partial charge in [-0.05, 0) is 6.92 Å². The van der Waals surface area contributed by atoms with E-state index in [1.54, 1.807) is 13.3 Å². The lowest BCUT2D eigenvalue weighted by molar-refractivity contribution is 0.0694. The molecule has 1 N–H and O–H groups in total. The monoisotopic (exact) mass is 251 g/mol. The molecule has 0 bridgehead atoms. The smallest absolute Gasteiger partial charge is 0.203 e. The van der Waals surface area contributed by atoms with Crippen molar-refractivity contribution < 1.29 is 9.84 Å². The molecule has 2 rings (SSSR count). The molecule has 98 valence electrons. The van der Waals surface area contributed by atoms with E-state index in [0.29, 0.717) is 24.6 Å². The molecule has 1 unspecified atom stereocenters. The summed E-state index contributed by atoms with van der Waals surface area (Å²) in [7, 11) is 3.41. The number of nitrogens with zero attached hydrogens (tertiary/aromatic N) is 5. The minimum atomic E-state index is -0.564. The van der Waals surface area contributed by atoms with Crippen LogP contribution in [0.4, 0.5) is 5.82 Å². The zero-order valence-electron chi connectivity index (χ0n) is 10.7. The number of likely N-dealkylation sites (N-methyl/N-ethyl adjacent to an activating group) is 1. The summed E-state index contributed by atoms with van der Waals surface area (Å²) in [5.74, 6) is 1.49. The Morgan fingerprint density at radius 3 is 3.00 bits per heavy atom. The highest BCUT2D eigenvalue weighted by Crippen LogP contribution is 2.16. The van der Waals surface area contributed by atoms with Crippen LogP contribution in [0.1, 0.15) is 5.82 Å². The van der Waals surface area contributed by atoms with Gasteiger partial charge in [0.15, 0.2) is 5.82 Å². The molecule has 0 aliphatic heterocycles. The van der Waals surface area contributed by atoms with Crippen LogP contribution in [0.25, 0.3) is 5.65 Å². The summed E-state index contributed by atoms with van der Waals surface area (Å²) in [6, 6.07) is 0. The van der Waals surface area contributed by atoms with Crippen molar-refractivity contribution >= 4 is 11.5 Å². The fourth-order valence-electron chi connectivity index (χ4n) is 1.85. The molecule has 0 fully saturated rings. The van der Waals surface area contributed by atoms with Crippen LogP contribution < -0.4 is 4.90 Å². The van der Waals surface area contributed by atoms with Crippen LogP contribution in [0, 0.1) is 6.92 Å². The first-order chi connectivity index (χ1) is 8.63. The van der Waals surface area contributed by atoms with E-state index in [-0.39, 0.29) is 0 Å². The van der Waals surface area contributed by atoms with Crippen molar-refractivity contribution in [2.75, 3.05) is 32.2 Å². The maximum absolute atomic E-state index is 9.72. The lowest BCUT2D eigenvalue weighted by Crippen LogP contribution is -2.32. The van der Waals surface area contributed by atoms with Gasteiger partial charge in [-0.1, -0.05) is 0 Å². The van der Waals surface area contributed by atoms with Crippen molar-refractivity contribution in [2.45, 2.75) is 13.0 Å². The third kappa shape index (κ3) is 2.41. The Balaban J connectivity index is 2.25. The van der Waals surface area contributed by atoms with Gasteiger partial charge in [-0.3, -0.25) is 4.40 Å². The van der Waals surface area contributed by atoms with Crippen LogP contribution in [0.3, 0.4) is 0 Å². The molecule has 2 aromatic rings. The van der Waals surface area contributed by atoms with E-state index in [2.05, 4.69) is 15.2 Å². The fraction of sp³-hybridized carbons (Fsp3) is 0.545. The molecule has 0 aromatic carbocycles. The topological polar surface area (TPSA) is 75.8 Å². The van der Waals surface area contributed by atoms with E-state index in [1.165, 1.54) is 0 Å². The van der Waals surface area contributed by atoms with E-state index in [4.69, 9.17) is 4.74 Å². The van der Waals surface area contributed by atoms with Crippen LogP contribution >= 0.6 is 0 Å². The SMILES string of the molecule is COCC(O)CN(C)c1nccn2c(C)nnc12. The number of aromatic nitrogens is 4. The number of aryl methyl sites for hydroxylation is 1. The molecule has 0 saturated heterocycles. The van der Waals surface area contributed by atoms with Gasteiger partial charge < -0.3 is 14.7 Å². The molecule has 2 aromatic heterocycles. The maximum Gasteiger partial charge on any atom is 0.203 e. The predicted octanol–water partition coefficient (Wildman–Crippen LogP) is -0.124. The van der Waals surface area contributed by atoms with Gasteiger partial charge in [0.2, 0.25) is 5.65 Å². The zero-order valence-corrected chi connectivity index (χ0v) is 10.7. The third-order valence-electron chi connectivity index (χ3n) is 2.68. The van der Waals surface area contributed by atoms with Crippen LogP contribution in [0.5, 0.6) is 0 Å². The maximum atomic E-state index is 9.72. The molecule has 7 heteroatoms. The van der Waals surface area contributed by atoms with Crippen molar-refractivity contribution in [1.29, 1.82) is 0 Å². The second-order valence-electron chi connectivity index (χ2n) is 4.18. The van der Waals surface area contributed by atoms with E-state index < -0.39 is 6.10 Å². The molecule has 0 radical (unpaired) electrons. The molecule has 1 atom stereocenters. The number of aliphatic hydroxyl groups is 1. The number of hydrogen-bond donors (Lipinski definition) is 1. The van der Waals surface area contributed by atoms with Gasteiger partial charge in [0, 0.05) is 33.1 Å². The fourth-order valence-corrected chi connectivity index (χ4v) is 1.85. The Hall–Kier alpha value is -1.73. The first kappa shape index (κ1) is 12.7. The lowest BCUT2D eigenvalue weighted by Gasteiger charge is -2.21. The third-order valence-corrected chi connectivity index (χ3v) is 2.68. The van der Waals surface area contributed by atoms with Crippen molar-refractivity contribution in [3.63, 3.8) is 0 Å². The Morgan fingerprint density at radius 2 is 2.28 bits per heavy atom. The average Bonchev–Trinajstić information content (AvgIpc) is 2.71. The number of anilines is 1. The quantitative estimate of drug-likeness (QED) is 0.798. The lowest BCUT2D eigenvalue weighted by atomic mass is 10.3. The van der Waals surface area contributed by atoms with Crippen molar-refractivity contribution in [1.82, 2.24) is 19.6 Å². The van der Waals surface area contributed by atoms with Crippen LogP contribution in [0.15, 0.2) is 12.4 Å². The first-order valence-electron chi connectivity index (χ1n) is 5.68. The minimum absolute atomic E-state index is 0.291. The van der Waals surface area contributed by atoms with E-state index in [1.807, 2.05) is 29.5 Å². The number of hydrogen-bond acceptors (Lipinski definition) is 6. The normalized spacial score (nSPS) is 12.9. The van der Waals surface area contributed by atoms with Crippen molar-refractivity contribution in [3.05, 3.63) is 18.2 Å². The molecule has 0 aliphatic rings. The van der Waals surface area contributed by atoms with Gasteiger partial charge in [0.05, 0.1) is 12.7 Å². The largest absolute Gasteiger partial charge is 0.389 e. The second kappa shape index (κ2) is 5.28. The Morgan fingerprint density at radius 1 is 1.50 bits per heavy atom. The van der Waals surface area contributed by atoms with Gasteiger partial charge in [-0.2, -0.15) is 0 Å². The van der Waals surface area contributed by atoms with E-state index in [0.717, 1.165) is 5.82 Å². The Bertz CT molecular complexity index is 527. The number of aliphatic hydroxyl groups excluding tert-OH is 1. The molecule has 0 amide bonds. The summed E-state index contributed by atoms with van der Waals surface area (Å²) in [6.45, 7) is 2.59. The van der Waals surface area contributed by atoms with Crippen LogP contribution in [0.2, 0.25) is 0 Å². The molecule has 0 saturated carbocycles. The number of methoxy groups -OCH3 is 1. The predicted molar refractivity (Wildman–Crippen MR) is 66.7 cm³/mol. The molecule has 2 heterocycles. The highest BCUT2D eigenvalue weighted by atomic mass is 16.5. The van der Waals surface area contributed by atoms with Gasteiger partial charge >= 0.3 is 0 Å². The summed E-state index contributed by atoms with van der Waals surface area (Å²) in [4.78, 5) is 6.12. The Labute approximate surface area is 105 Å². The molecule has 0 aliphatic carbocycles. The first-order valence-corrected chi connectivity index (χ1v) is 5.68. The number of ether oxygens (including phenoxy) is 1. The minimum Gasteiger partial charge on any atom is -0.389 e. The average molecular weight is 251 g/mol. The number of fused-ring (bicyclic) bond motifs is 1. The molecular weight excluding hydrogens is 234 g/mol. The summed E-state index contributed by atoms with van der Waals surface area (Å²) in [6.07, 6.45) is 2.94. The van der Waals surface area contributed by atoms with Crippen molar-refractivity contribution in [2.24, 2.45) is 0 Å². The molecular formula is C11H17N5O2. The van der Waals surface area contributed by atoms with Crippen LogP contribution in [-0.2, 0) is 4.74 Å². The zero-order chi connectivity index (χ0) is 13.1. The molecule has 0 spiro atoms. The highest BCUT2D eigenvalue weighted by molar-refractivity contribution is 5.63. The second-order valence-corrected chi connectivity index (χ2v) is 4.18. The van der Waals surface area contributed by atoms with Crippen molar-refractivity contribution in [3.8, 4) is 0 Å². The molecule has 18 heavy (non-hydrogen) atoms. The van der Waals surface area contributed by atoms with E-state index in [9.17, 15) is 5.11 Å². The van der Waals surface area contributed by atoms with Gasteiger partial charge in [-0.15, -0.1) is 10.2 Å². The van der Waals surface area contributed by atoms with Gasteiger partial charge in [0.1, 0.15) is 5.82 Å². The van der Waals surface area contributed by atoms with E-state index >= 15 is 0 Å². The summed E-state index contributed by atoms with van der Waals surface area (Å²) in [5.41, 5.74) is 0.683. The van der Waals surface area contributed by atoms with Gasteiger partial charge in [0.25, 0.3) is 0 Å². The molecule has 7 nitrogen and oxygen atoms in total. The van der Waals surface area contributed by atoms with Crippen LogP contribution in [-0.4, -0.2) is 58.1 Å². The Kier molecular flexibility index (Phi) is 3.73. The summed E-state index contributed by atoms with van der Waals surface area (Å²) < 4.78 is 6.76. The number of rotatable bonds is 5.